The standard InChI is InChI=1S/C14H11BrClNO2/c15-9-14(18)17-11-6-2-4-8-13(11)19-12-7-3-1-5-10(12)16/h1-8H,9H2,(H,17,18). The minimum atomic E-state index is -0.143. The SMILES string of the molecule is O=C(CBr)Nc1ccccc1Oc1ccccc1Cl. The molecule has 2 rings (SSSR count). The van der Waals surface area contributed by atoms with Gasteiger partial charge in [-0.2, -0.15) is 0 Å². The quantitative estimate of drug-likeness (QED) is 0.834. The highest BCUT2D eigenvalue weighted by molar-refractivity contribution is 9.09. The third-order valence-corrected chi connectivity index (χ3v) is 3.16. The first-order chi connectivity index (χ1) is 9.20. The number of carbonyl (C=O) groups excluding carboxylic acids is 1. The summed E-state index contributed by atoms with van der Waals surface area (Å²) in [5.74, 6) is 0.949. The van der Waals surface area contributed by atoms with Gasteiger partial charge in [0.25, 0.3) is 0 Å². The number of halogens is 2. The van der Waals surface area contributed by atoms with Crippen molar-refractivity contribution in [3.63, 3.8) is 0 Å². The minimum absolute atomic E-state index is 0.143. The van der Waals surface area contributed by atoms with Crippen LogP contribution >= 0.6 is 27.5 Å². The molecule has 0 aliphatic rings. The number of benzene rings is 2. The summed E-state index contributed by atoms with van der Waals surface area (Å²) in [6.07, 6.45) is 0. The topological polar surface area (TPSA) is 38.3 Å². The van der Waals surface area contributed by atoms with Gasteiger partial charge in [0.1, 0.15) is 5.75 Å². The number of hydrogen-bond donors (Lipinski definition) is 1. The molecule has 0 unspecified atom stereocenters. The van der Waals surface area contributed by atoms with Crippen LogP contribution in [0, 0.1) is 0 Å². The summed E-state index contributed by atoms with van der Waals surface area (Å²) in [5, 5.41) is 3.49. The first-order valence-corrected chi connectivity index (χ1v) is 7.08. The van der Waals surface area contributed by atoms with Gasteiger partial charge >= 0.3 is 0 Å². The summed E-state index contributed by atoms with van der Waals surface area (Å²) in [6, 6.07) is 14.4. The van der Waals surface area contributed by atoms with Crippen molar-refractivity contribution in [2.75, 3.05) is 10.6 Å². The molecule has 1 N–H and O–H groups in total. The zero-order valence-corrected chi connectivity index (χ0v) is 12.2. The zero-order valence-electron chi connectivity index (χ0n) is 9.90. The van der Waals surface area contributed by atoms with E-state index in [1.54, 1.807) is 24.3 Å². The van der Waals surface area contributed by atoms with Crippen molar-refractivity contribution in [3.8, 4) is 11.5 Å². The molecule has 0 atom stereocenters. The van der Waals surface area contributed by atoms with Crippen LogP contribution in [-0.2, 0) is 4.79 Å². The van der Waals surface area contributed by atoms with Crippen LogP contribution in [0.1, 0.15) is 0 Å². The fourth-order valence-electron chi connectivity index (χ4n) is 1.49. The van der Waals surface area contributed by atoms with E-state index in [1.807, 2.05) is 24.3 Å². The van der Waals surface area contributed by atoms with Gasteiger partial charge < -0.3 is 10.1 Å². The second-order valence-corrected chi connectivity index (χ2v) is 4.68. The fraction of sp³-hybridized carbons (Fsp3) is 0.0714. The summed E-state index contributed by atoms with van der Waals surface area (Å²) in [6.45, 7) is 0. The molecule has 0 bridgehead atoms. The number of anilines is 1. The molecule has 0 aromatic heterocycles. The highest BCUT2D eigenvalue weighted by atomic mass is 79.9. The number of ether oxygens (including phenoxy) is 1. The molecule has 0 fully saturated rings. The molecule has 0 saturated heterocycles. The second kappa shape index (κ2) is 6.59. The lowest BCUT2D eigenvalue weighted by Crippen LogP contribution is -2.12. The second-order valence-electron chi connectivity index (χ2n) is 3.71. The van der Waals surface area contributed by atoms with Gasteiger partial charge in [0.15, 0.2) is 5.75 Å². The molecule has 0 saturated carbocycles. The van der Waals surface area contributed by atoms with E-state index in [0.29, 0.717) is 22.2 Å². The third kappa shape index (κ3) is 3.72. The van der Waals surface area contributed by atoms with Crippen molar-refractivity contribution < 1.29 is 9.53 Å². The Labute approximate surface area is 124 Å². The van der Waals surface area contributed by atoms with Gasteiger partial charge in [-0.3, -0.25) is 4.79 Å². The number of para-hydroxylation sites is 3. The van der Waals surface area contributed by atoms with E-state index < -0.39 is 0 Å². The van der Waals surface area contributed by atoms with Crippen LogP contribution in [0.2, 0.25) is 5.02 Å². The Kier molecular flexibility index (Phi) is 4.82. The molecule has 2 aromatic rings. The third-order valence-electron chi connectivity index (χ3n) is 2.34. The van der Waals surface area contributed by atoms with E-state index in [1.165, 1.54) is 0 Å². The van der Waals surface area contributed by atoms with Crippen LogP contribution in [0.15, 0.2) is 48.5 Å². The number of rotatable bonds is 4. The molecule has 0 heterocycles. The van der Waals surface area contributed by atoms with Crippen LogP contribution in [0.3, 0.4) is 0 Å². The van der Waals surface area contributed by atoms with Crippen molar-refractivity contribution >= 4 is 39.1 Å². The smallest absolute Gasteiger partial charge is 0.235 e. The Morgan fingerprint density at radius 2 is 1.74 bits per heavy atom. The monoisotopic (exact) mass is 339 g/mol. The van der Waals surface area contributed by atoms with E-state index in [-0.39, 0.29) is 11.2 Å². The maximum atomic E-state index is 11.4. The summed E-state index contributed by atoms with van der Waals surface area (Å²) in [4.78, 5) is 11.4. The zero-order chi connectivity index (χ0) is 13.7. The Morgan fingerprint density at radius 3 is 2.42 bits per heavy atom. The molecule has 5 heteroatoms. The Bertz CT molecular complexity index is 589. The molecule has 2 aromatic carbocycles. The average Bonchev–Trinajstić information content (AvgIpc) is 2.43. The Hall–Kier alpha value is -1.52. The Morgan fingerprint density at radius 1 is 1.11 bits per heavy atom. The van der Waals surface area contributed by atoms with Crippen LogP contribution in [0.25, 0.3) is 0 Å². The first kappa shape index (κ1) is 13.9. The van der Waals surface area contributed by atoms with Crippen LogP contribution in [0.4, 0.5) is 5.69 Å². The van der Waals surface area contributed by atoms with E-state index in [4.69, 9.17) is 16.3 Å². The molecular weight excluding hydrogens is 330 g/mol. The lowest BCUT2D eigenvalue weighted by Gasteiger charge is -2.12. The normalized spacial score (nSPS) is 10.0. The number of nitrogens with one attached hydrogen (secondary N) is 1. The highest BCUT2D eigenvalue weighted by Crippen LogP contribution is 2.33. The van der Waals surface area contributed by atoms with Gasteiger partial charge in [0.2, 0.25) is 5.91 Å². The van der Waals surface area contributed by atoms with Crippen molar-refractivity contribution in [1.29, 1.82) is 0 Å². The maximum absolute atomic E-state index is 11.4. The van der Waals surface area contributed by atoms with Crippen molar-refractivity contribution in [2.24, 2.45) is 0 Å². The van der Waals surface area contributed by atoms with Gasteiger partial charge in [-0.05, 0) is 24.3 Å². The summed E-state index contributed by atoms with van der Waals surface area (Å²) >= 11 is 9.14. The molecule has 0 aliphatic heterocycles. The van der Waals surface area contributed by atoms with E-state index in [2.05, 4.69) is 21.2 Å². The minimum Gasteiger partial charge on any atom is -0.454 e. The van der Waals surface area contributed by atoms with Crippen molar-refractivity contribution in [3.05, 3.63) is 53.6 Å². The van der Waals surface area contributed by atoms with Crippen LogP contribution in [-0.4, -0.2) is 11.2 Å². The fourth-order valence-corrected chi connectivity index (χ4v) is 1.80. The van der Waals surface area contributed by atoms with Crippen molar-refractivity contribution in [2.45, 2.75) is 0 Å². The van der Waals surface area contributed by atoms with E-state index in [0.717, 1.165) is 0 Å². The number of alkyl halides is 1. The summed E-state index contributed by atoms with van der Waals surface area (Å²) < 4.78 is 5.72. The molecule has 0 aliphatic carbocycles. The molecule has 1 amide bonds. The molecule has 98 valence electrons. The van der Waals surface area contributed by atoms with E-state index in [9.17, 15) is 4.79 Å². The average molecular weight is 341 g/mol. The number of carbonyl (C=O) groups is 1. The number of hydrogen-bond acceptors (Lipinski definition) is 2. The van der Waals surface area contributed by atoms with Gasteiger partial charge in [-0.1, -0.05) is 51.8 Å². The van der Waals surface area contributed by atoms with Gasteiger partial charge in [-0.15, -0.1) is 0 Å². The van der Waals surface area contributed by atoms with Crippen LogP contribution in [0.5, 0.6) is 11.5 Å². The summed E-state index contributed by atoms with van der Waals surface area (Å²) in [7, 11) is 0. The maximum Gasteiger partial charge on any atom is 0.235 e. The lowest BCUT2D eigenvalue weighted by atomic mass is 10.3. The molecule has 0 radical (unpaired) electrons. The van der Waals surface area contributed by atoms with Gasteiger partial charge in [0, 0.05) is 0 Å². The first-order valence-electron chi connectivity index (χ1n) is 5.58. The summed E-state index contributed by atoms with van der Waals surface area (Å²) in [5.41, 5.74) is 0.604. The van der Waals surface area contributed by atoms with Crippen molar-refractivity contribution in [1.82, 2.24) is 0 Å². The van der Waals surface area contributed by atoms with Gasteiger partial charge in [-0.25, -0.2) is 0 Å². The molecular formula is C14H11BrClNO2. The molecule has 3 nitrogen and oxygen atoms in total. The number of amides is 1. The molecule has 19 heavy (non-hydrogen) atoms. The van der Waals surface area contributed by atoms with Crippen LogP contribution < -0.4 is 10.1 Å². The largest absolute Gasteiger partial charge is 0.454 e. The predicted molar refractivity (Wildman–Crippen MR) is 80.4 cm³/mol. The molecule has 0 spiro atoms. The Balaban J connectivity index is 2.25. The lowest BCUT2D eigenvalue weighted by molar-refractivity contribution is -0.113. The van der Waals surface area contributed by atoms with E-state index >= 15 is 0 Å². The predicted octanol–water partition coefficient (Wildman–Crippen LogP) is 4.47. The highest BCUT2D eigenvalue weighted by Gasteiger charge is 2.08. The van der Waals surface area contributed by atoms with Gasteiger partial charge in [0.05, 0.1) is 16.0 Å².